The van der Waals surface area contributed by atoms with Crippen molar-refractivity contribution in [2.24, 2.45) is 5.10 Å². The number of hydrogen-bond acceptors (Lipinski definition) is 5. The lowest BCUT2D eigenvalue weighted by atomic mass is 10.2. The maximum Gasteiger partial charge on any atom is 0.275 e. The normalized spacial score (nSPS) is 10.6. The molecule has 0 saturated heterocycles. The summed E-state index contributed by atoms with van der Waals surface area (Å²) in [6.07, 6.45) is 1.33. The summed E-state index contributed by atoms with van der Waals surface area (Å²) in [6.45, 7) is 0. The first-order valence-electron chi connectivity index (χ1n) is 6.20. The van der Waals surface area contributed by atoms with E-state index in [9.17, 15) is 15.0 Å². The van der Waals surface area contributed by atoms with Crippen LogP contribution in [-0.2, 0) is 0 Å². The minimum Gasteiger partial charge on any atom is -0.504 e. The summed E-state index contributed by atoms with van der Waals surface area (Å²) >= 11 is 5.85. The van der Waals surface area contributed by atoms with E-state index >= 15 is 0 Å². The Morgan fingerprint density at radius 1 is 1.23 bits per heavy atom. The minimum atomic E-state index is -0.487. The second-order valence-electron chi connectivity index (χ2n) is 4.29. The SMILES string of the molecule is COc1ccc(Cl)cc1C(=O)N/N=C\c1ccc(O)c(O)c1. The summed E-state index contributed by atoms with van der Waals surface area (Å²) in [6, 6.07) is 8.82. The molecule has 0 heterocycles. The van der Waals surface area contributed by atoms with Crippen LogP contribution in [0, 0.1) is 0 Å². The van der Waals surface area contributed by atoms with E-state index in [1.807, 2.05) is 0 Å². The number of halogens is 1. The van der Waals surface area contributed by atoms with Gasteiger partial charge in [-0.25, -0.2) is 5.43 Å². The summed E-state index contributed by atoms with van der Waals surface area (Å²) in [5.41, 5.74) is 3.09. The lowest BCUT2D eigenvalue weighted by Gasteiger charge is -2.07. The van der Waals surface area contributed by atoms with Gasteiger partial charge in [-0.1, -0.05) is 11.6 Å². The summed E-state index contributed by atoms with van der Waals surface area (Å²) in [5, 5.41) is 22.7. The van der Waals surface area contributed by atoms with Crippen molar-refractivity contribution in [1.82, 2.24) is 5.43 Å². The molecule has 0 atom stereocenters. The van der Waals surface area contributed by atoms with Crippen LogP contribution >= 0.6 is 11.6 Å². The van der Waals surface area contributed by atoms with E-state index in [1.54, 1.807) is 12.1 Å². The molecule has 0 aliphatic carbocycles. The lowest BCUT2D eigenvalue weighted by molar-refractivity contribution is 0.0952. The Bertz CT molecular complexity index is 731. The number of amides is 1. The average Bonchev–Trinajstić information content (AvgIpc) is 2.50. The minimum absolute atomic E-state index is 0.232. The smallest absolute Gasteiger partial charge is 0.275 e. The van der Waals surface area contributed by atoms with Crippen molar-refractivity contribution in [3.8, 4) is 17.2 Å². The zero-order valence-corrected chi connectivity index (χ0v) is 12.3. The third-order valence-corrected chi connectivity index (χ3v) is 3.02. The van der Waals surface area contributed by atoms with Gasteiger partial charge in [0.15, 0.2) is 11.5 Å². The molecule has 0 saturated carbocycles. The van der Waals surface area contributed by atoms with Gasteiger partial charge < -0.3 is 14.9 Å². The number of carbonyl (C=O) groups is 1. The Kier molecular flexibility index (Phi) is 4.85. The number of methoxy groups -OCH3 is 1. The molecule has 0 radical (unpaired) electrons. The predicted molar refractivity (Wildman–Crippen MR) is 82.8 cm³/mol. The fraction of sp³-hybridized carbons (Fsp3) is 0.0667. The molecule has 2 aromatic rings. The molecule has 0 aliphatic heterocycles. The highest BCUT2D eigenvalue weighted by molar-refractivity contribution is 6.31. The maximum atomic E-state index is 12.0. The quantitative estimate of drug-likeness (QED) is 0.458. The summed E-state index contributed by atoms with van der Waals surface area (Å²) in [7, 11) is 1.45. The van der Waals surface area contributed by atoms with Gasteiger partial charge in [-0.2, -0.15) is 5.10 Å². The van der Waals surface area contributed by atoms with Crippen molar-refractivity contribution in [1.29, 1.82) is 0 Å². The van der Waals surface area contributed by atoms with Crippen molar-refractivity contribution in [3.05, 3.63) is 52.5 Å². The van der Waals surface area contributed by atoms with Crippen molar-refractivity contribution >= 4 is 23.7 Å². The summed E-state index contributed by atoms with van der Waals surface area (Å²) < 4.78 is 5.08. The van der Waals surface area contributed by atoms with Crippen LogP contribution in [0.2, 0.25) is 5.02 Å². The Hall–Kier alpha value is -2.73. The van der Waals surface area contributed by atoms with Gasteiger partial charge in [-0.15, -0.1) is 0 Å². The molecule has 0 fully saturated rings. The standard InChI is InChI=1S/C15H13ClN2O4/c1-22-14-5-3-10(16)7-11(14)15(21)18-17-8-9-2-4-12(19)13(20)6-9/h2-8,19-20H,1H3,(H,18,21)/b17-8-. The van der Waals surface area contributed by atoms with Crippen LogP contribution in [0.1, 0.15) is 15.9 Å². The fourth-order valence-electron chi connectivity index (χ4n) is 1.70. The van der Waals surface area contributed by atoms with E-state index < -0.39 is 5.91 Å². The molecule has 6 nitrogen and oxygen atoms in total. The van der Waals surface area contributed by atoms with Crippen LogP contribution in [0.3, 0.4) is 0 Å². The Morgan fingerprint density at radius 3 is 2.68 bits per heavy atom. The number of benzene rings is 2. The number of phenolic OH excluding ortho intramolecular Hbond substituents is 2. The predicted octanol–water partition coefficient (Wildman–Crippen LogP) is 2.52. The highest BCUT2D eigenvalue weighted by Crippen LogP contribution is 2.24. The van der Waals surface area contributed by atoms with E-state index in [1.165, 1.54) is 37.6 Å². The number of carbonyl (C=O) groups excluding carboxylic acids is 1. The summed E-state index contributed by atoms with van der Waals surface area (Å²) in [4.78, 5) is 12.0. The van der Waals surface area contributed by atoms with Crippen molar-refractivity contribution in [2.75, 3.05) is 7.11 Å². The molecule has 2 aromatic carbocycles. The van der Waals surface area contributed by atoms with Gasteiger partial charge >= 0.3 is 0 Å². The number of rotatable bonds is 4. The molecule has 0 aliphatic rings. The number of aromatic hydroxyl groups is 2. The number of nitrogens with one attached hydrogen (secondary N) is 1. The van der Waals surface area contributed by atoms with Crippen LogP contribution in [0.25, 0.3) is 0 Å². The lowest BCUT2D eigenvalue weighted by Crippen LogP contribution is -2.18. The van der Waals surface area contributed by atoms with E-state index in [4.69, 9.17) is 16.3 Å². The van der Waals surface area contributed by atoms with Gasteiger partial charge in [0.2, 0.25) is 0 Å². The van der Waals surface area contributed by atoms with E-state index in [2.05, 4.69) is 10.5 Å². The zero-order valence-electron chi connectivity index (χ0n) is 11.6. The molecular weight excluding hydrogens is 308 g/mol. The van der Waals surface area contributed by atoms with Gasteiger partial charge in [0.1, 0.15) is 5.75 Å². The zero-order chi connectivity index (χ0) is 16.1. The van der Waals surface area contributed by atoms with Gasteiger partial charge in [0.05, 0.1) is 18.9 Å². The first kappa shape index (κ1) is 15.7. The van der Waals surface area contributed by atoms with Gasteiger partial charge in [0, 0.05) is 5.02 Å². The van der Waals surface area contributed by atoms with Gasteiger partial charge in [0.25, 0.3) is 5.91 Å². The molecule has 0 spiro atoms. The Morgan fingerprint density at radius 2 is 2.00 bits per heavy atom. The molecule has 7 heteroatoms. The third kappa shape index (κ3) is 3.67. The molecule has 0 bridgehead atoms. The number of phenols is 2. The maximum absolute atomic E-state index is 12.0. The molecule has 2 rings (SSSR count). The Labute approximate surface area is 131 Å². The van der Waals surface area contributed by atoms with Crippen LogP contribution in [0.5, 0.6) is 17.2 Å². The second-order valence-corrected chi connectivity index (χ2v) is 4.73. The van der Waals surface area contributed by atoms with Crippen LogP contribution in [0.4, 0.5) is 0 Å². The van der Waals surface area contributed by atoms with Gasteiger partial charge in [-0.3, -0.25) is 4.79 Å². The first-order valence-corrected chi connectivity index (χ1v) is 6.58. The molecule has 1 amide bonds. The van der Waals surface area contributed by atoms with Crippen molar-refractivity contribution in [3.63, 3.8) is 0 Å². The topological polar surface area (TPSA) is 91.2 Å². The summed E-state index contributed by atoms with van der Waals surface area (Å²) in [5.74, 6) is -0.616. The largest absolute Gasteiger partial charge is 0.504 e. The third-order valence-electron chi connectivity index (χ3n) is 2.79. The van der Waals surface area contributed by atoms with Crippen LogP contribution in [0.15, 0.2) is 41.5 Å². The second kappa shape index (κ2) is 6.82. The van der Waals surface area contributed by atoms with Gasteiger partial charge in [-0.05, 0) is 42.0 Å². The number of nitrogens with zero attached hydrogens (tertiary/aromatic N) is 1. The van der Waals surface area contributed by atoms with E-state index in [0.717, 1.165) is 0 Å². The molecule has 114 valence electrons. The molecule has 0 aromatic heterocycles. The Balaban J connectivity index is 2.11. The highest BCUT2D eigenvalue weighted by Gasteiger charge is 2.12. The van der Waals surface area contributed by atoms with Crippen LogP contribution < -0.4 is 10.2 Å². The average molecular weight is 321 g/mol. The van der Waals surface area contributed by atoms with Crippen molar-refractivity contribution in [2.45, 2.75) is 0 Å². The van der Waals surface area contributed by atoms with E-state index in [0.29, 0.717) is 16.3 Å². The number of hydrazone groups is 1. The molecular formula is C15H13ClN2O4. The molecule has 22 heavy (non-hydrogen) atoms. The van der Waals surface area contributed by atoms with Crippen molar-refractivity contribution < 1.29 is 19.7 Å². The monoisotopic (exact) mass is 320 g/mol. The number of hydrogen-bond donors (Lipinski definition) is 3. The first-order chi connectivity index (χ1) is 10.5. The highest BCUT2D eigenvalue weighted by atomic mass is 35.5. The van der Waals surface area contributed by atoms with Crippen LogP contribution in [-0.4, -0.2) is 29.4 Å². The fourth-order valence-corrected chi connectivity index (χ4v) is 1.88. The molecule has 3 N–H and O–H groups in total. The van der Waals surface area contributed by atoms with E-state index in [-0.39, 0.29) is 17.1 Å². The molecule has 0 unspecified atom stereocenters. The number of ether oxygens (including phenoxy) is 1.